The van der Waals surface area contributed by atoms with E-state index in [2.05, 4.69) is 33.9 Å². The molecular weight excluding hydrogens is 488 g/mol. The van der Waals surface area contributed by atoms with Crippen molar-refractivity contribution in [2.75, 3.05) is 13.7 Å². The third-order valence-electron chi connectivity index (χ3n) is 6.27. The second kappa shape index (κ2) is 12.7. The molecule has 1 aliphatic heterocycles. The van der Waals surface area contributed by atoms with Crippen LogP contribution in [0.1, 0.15) is 40.2 Å². The van der Waals surface area contributed by atoms with Crippen LogP contribution in [-0.2, 0) is 49.0 Å². The van der Waals surface area contributed by atoms with E-state index in [1.54, 1.807) is 12.1 Å². The number of ether oxygens (including phenoxy) is 6. The third kappa shape index (κ3) is 8.29. The maximum atomic E-state index is 12.5. The first-order valence-electron chi connectivity index (χ1n) is 11.8. The molecule has 0 N–H and O–H groups in total. The fourth-order valence-electron chi connectivity index (χ4n) is 3.36. The van der Waals surface area contributed by atoms with Gasteiger partial charge in [0.15, 0.2) is 32.9 Å². The highest BCUT2D eigenvalue weighted by Crippen LogP contribution is 2.38. The van der Waals surface area contributed by atoms with Crippen molar-refractivity contribution in [1.82, 2.24) is 0 Å². The molecule has 1 aliphatic rings. The zero-order valence-corrected chi connectivity index (χ0v) is 23.3. The molecule has 36 heavy (non-hydrogen) atoms. The number of carbonyl (C=O) groups is 3. The van der Waals surface area contributed by atoms with Gasteiger partial charge in [-0.2, -0.15) is 0 Å². The van der Waals surface area contributed by atoms with Crippen LogP contribution in [0.2, 0.25) is 18.1 Å². The van der Waals surface area contributed by atoms with E-state index >= 15 is 0 Å². The molecular formula is C25H38O10Si. The summed E-state index contributed by atoms with van der Waals surface area (Å²) in [6, 6.07) is 9.05. The quantitative estimate of drug-likeness (QED) is 0.266. The predicted molar refractivity (Wildman–Crippen MR) is 131 cm³/mol. The van der Waals surface area contributed by atoms with Crippen LogP contribution in [0.3, 0.4) is 0 Å². The van der Waals surface area contributed by atoms with E-state index in [9.17, 15) is 14.4 Å². The molecule has 2 rings (SSSR count). The minimum Gasteiger partial charge on any atom is -0.456 e. The first kappa shape index (κ1) is 29.8. The maximum Gasteiger partial charge on any atom is 0.509 e. The van der Waals surface area contributed by atoms with Gasteiger partial charge in [0.05, 0.1) is 6.61 Å². The van der Waals surface area contributed by atoms with E-state index < -0.39 is 57.1 Å². The molecule has 11 heteroatoms. The van der Waals surface area contributed by atoms with E-state index in [1.807, 2.05) is 18.2 Å². The molecule has 1 fully saturated rings. The van der Waals surface area contributed by atoms with Gasteiger partial charge in [0.2, 0.25) is 0 Å². The van der Waals surface area contributed by atoms with E-state index in [0.29, 0.717) is 0 Å². The van der Waals surface area contributed by atoms with Gasteiger partial charge >= 0.3 is 18.1 Å². The van der Waals surface area contributed by atoms with Crippen molar-refractivity contribution in [3.8, 4) is 0 Å². The summed E-state index contributed by atoms with van der Waals surface area (Å²) in [5.74, 6) is -1.29. The minimum absolute atomic E-state index is 0.0283. The Balaban J connectivity index is 2.26. The number of hydrogen-bond donors (Lipinski definition) is 0. The monoisotopic (exact) mass is 526 g/mol. The van der Waals surface area contributed by atoms with Crippen molar-refractivity contribution in [3.05, 3.63) is 35.9 Å². The van der Waals surface area contributed by atoms with E-state index in [4.69, 9.17) is 32.8 Å². The number of esters is 2. The Hall–Kier alpha value is -2.47. The summed E-state index contributed by atoms with van der Waals surface area (Å²) in [6.07, 6.45) is -6.62. The molecule has 1 aromatic carbocycles. The number of rotatable bonds is 9. The number of methoxy groups -OCH3 is 1. The Morgan fingerprint density at radius 3 is 2.03 bits per heavy atom. The molecule has 0 aliphatic carbocycles. The minimum atomic E-state index is -2.21. The lowest BCUT2D eigenvalue weighted by molar-refractivity contribution is -0.299. The Labute approximate surface area is 213 Å². The van der Waals surface area contributed by atoms with Gasteiger partial charge in [0, 0.05) is 21.0 Å². The van der Waals surface area contributed by atoms with Crippen LogP contribution < -0.4 is 0 Å². The molecule has 0 amide bonds. The number of hydrogen-bond acceptors (Lipinski definition) is 10. The zero-order chi connectivity index (χ0) is 27.1. The highest BCUT2D eigenvalue weighted by molar-refractivity contribution is 6.74. The lowest BCUT2D eigenvalue weighted by Crippen LogP contribution is -2.63. The van der Waals surface area contributed by atoms with E-state index in [-0.39, 0.29) is 18.3 Å². The van der Waals surface area contributed by atoms with Crippen LogP contribution >= 0.6 is 0 Å². The van der Waals surface area contributed by atoms with Crippen molar-refractivity contribution in [1.29, 1.82) is 0 Å². The molecule has 5 atom stereocenters. The summed E-state index contributed by atoms with van der Waals surface area (Å²) >= 11 is 0. The standard InChI is InChI=1S/C25H38O10Si/c1-16(26)32-20-19(15-31-36(7,8)25(3,4)5)34-23(29-6)22(21(20)33-17(2)27)35-24(28)30-14-18-12-10-9-11-13-18/h9-13,19-23H,14-15H2,1-8H3/t19-,20-,21+,22-,23+/m1/s1. The predicted octanol–water partition coefficient (Wildman–Crippen LogP) is 3.96. The van der Waals surface area contributed by atoms with Crippen LogP contribution in [0.5, 0.6) is 0 Å². The SMILES string of the molecule is CO[C@H]1O[C@H](CO[Si](C)(C)C(C)(C)C)[C@@H](OC(C)=O)[C@H](OC(C)=O)[C@H]1OC(=O)OCc1ccccc1. The Kier molecular flexibility index (Phi) is 10.5. The largest absolute Gasteiger partial charge is 0.509 e. The Bertz CT molecular complexity index is 883. The average molecular weight is 527 g/mol. The van der Waals surface area contributed by atoms with Crippen LogP contribution in [0.25, 0.3) is 0 Å². The summed E-state index contributed by atoms with van der Waals surface area (Å²) in [5.41, 5.74) is 0.759. The number of carbonyl (C=O) groups excluding carboxylic acids is 3. The van der Waals surface area contributed by atoms with Gasteiger partial charge < -0.3 is 32.8 Å². The molecule has 10 nitrogen and oxygen atoms in total. The highest BCUT2D eigenvalue weighted by Gasteiger charge is 2.53. The first-order chi connectivity index (χ1) is 16.7. The van der Waals surface area contributed by atoms with Crippen molar-refractivity contribution in [2.45, 2.75) is 90.1 Å². The number of benzene rings is 1. The molecule has 0 bridgehead atoms. The summed E-state index contributed by atoms with van der Waals surface area (Å²) < 4.78 is 39.4. The smallest absolute Gasteiger partial charge is 0.456 e. The Morgan fingerprint density at radius 2 is 1.50 bits per heavy atom. The first-order valence-corrected chi connectivity index (χ1v) is 14.7. The normalized spacial score (nSPS) is 24.5. The fourth-order valence-corrected chi connectivity index (χ4v) is 4.37. The van der Waals surface area contributed by atoms with Crippen molar-refractivity contribution < 1.29 is 47.2 Å². The van der Waals surface area contributed by atoms with Crippen molar-refractivity contribution in [3.63, 3.8) is 0 Å². The summed E-state index contributed by atoms with van der Waals surface area (Å²) in [7, 11) is -0.845. The molecule has 0 saturated carbocycles. The summed E-state index contributed by atoms with van der Waals surface area (Å²) in [6.45, 7) is 12.9. The molecule has 0 spiro atoms. The van der Waals surface area contributed by atoms with Gasteiger partial charge in [-0.25, -0.2) is 4.79 Å². The average Bonchev–Trinajstić information content (AvgIpc) is 2.78. The van der Waals surface area contributed by atoms with Crippen LogP contribution in [0, 0.1) is 0 Å². The van der Waals surface area contributed by atoms with Crippen LogP contribution in [0.4, 0.5) is 4.79 Å². The topological polar surface area (TPSA) is 116 Å². The zero-order valence-electron chi connectivity index (χ0n) is 22.3. The molecule has 1 heterocycles. The van der Waals surface area contributed by atoms with Crippen LogP contribution in [0.15, 0.2) is 30.3 Å². The van der Waals surface area contributed by atoms with Gasteiger partial charge in [0.1, 0.15) is 12.7 Å². The Morgan fingerprint density at radius 1 is 0.917 bits per heavy atom. The van der Waals surface area contributed by atoms with Gasteiger partial charge in [-0.1, -0.05) is 51.1 Å². The highest BCUT2D eigenvalue weighted by atomic mass is 28.4. The summed E-state index contributed by atoms with van der Waals surface area (Å²) in [4.78, 5) is 36.5. The molecule has 0 unspecified atom stereocenters. The fraction of sp³-hybridized carbons (Fsp3) is 0.640. The van der Waals surface area contributed by atoms with Gasteiger partial charge in [0.25, 0.3) is 0 Å². The molecule has 202 valence electrons. The van der Waals surface area contributed by atoms with E-state index in [1.165, 1.54) is 21.0 Å². The third-order valence-corrected chi connectivity index (χ3v) is 10.8. The lowest BCUT2D eigenvalue weighted by atomic mass is 9.98. The van der Waals surface area contributed by atoms with Crippen molar-refractivity contribution in [2.24, 2.45) is 0 Å². The van der Waals surface area contributed by atoms with Gasteiger partial charge in [-0.3, -0.25) is 9.59 Å². The molecule has 1 saturated heterocycles. The lowest BCUT2D eigenvalue weighted by Gasteiger charge is -2.45. The van der Waals surface area contributed by atoms with Crippen molar-refractivity contribution >= 4 is 26.4 Å². The molecule has 0 radical (unpaired) electrons. The van der Waals surface area contributed by atoms with Gasteiger partial charge in [-0.05, 0) is 23.7 Å². The maximum absolute atomic E-state index is 12.5. The van der Waals surface area contributed by atoms with E-state index in [0.717, 1.165) is 5.56 Å². The van der Waals surface area contributed by atoms with Crippen LogP contribution in [-0.4, -0.2) is 70.8 Å². The second-order valence-electron chi connectivity index (χ2n) is 10.1. The molecule has 0 aromatic heterocycles. The summed E-state index contributed by atoms with van der Waals surface area (Å²) in [5, 5.41) is -0.0807. The molecule has 1 aromatic rings. The second-order valence-corrected chi connectivity index (χ2v) is 14.9. The van der Waals surface area contributed by atoms with Gasteiger partial charge in [-0.15, -0.1) is 0 Å².